The first-order valence-electron chi connectivity index (χ1n) is 11.6. The predicted octanol–water partition coefficient (Wildman–Crippen LogP) is 5.61. The third kappa shape index (κ3) is 7.07. The van der Waals surface area contributed by atoms with Gasteiger partial charge in [-0.15, -0.1) is 0 Å². The van der Waals surface area contributed by atoms with Crippen molar-refractivity contribution in [1.82, 2.24) is 10.6 Å². The van der Waals surface area contributed by atoms with Crippen molar-refractivity contribution in [3.05, 3.63) is 99.4 Å². The standard InChI is InChI=1S/C28H28BrN3O2S/c1-20(31-18-21-8-3-2-4-9-21)14-15-30-27(33)19-32-24-12-5-6-13-25(24)35-26(28(32)34)17-22-10-7-11-23(29)16-22/h2-13,16-17,20,31H,14-15,18-19H2,1H3,(H,30,33)/t20-/m0/s1. The topological polar surface area (TPSA) is 61.4 Å². The number of thioether (sulfide) groups is 1. The van der Waals surface area contributed by atoms with Gasteiger partial charge in [-0.3, -0.25) is 14.5 Å². The molecule has 0 unspecified atom stereocenters. The molecule has 1 heterocycles. The molecule has 35 heavy (non-hydrogen) atoms. The van der Waals surface area contributed by atoms with Gasteiger partial charge in [0.15, 0.2) is 0 Å². The van der Waals surface area contributed by atoms with Crippen molar-refractivity contribution < 1.29 is 9.59 Å². The molecule has 7 heteroatoms. The Labute approximate surface area is 219 Å². The first kappa shape index (κ1) is 25.2. The third-order valence-corrected chi connectivity index (χ3v) is 7.25. The summed E-state index contributed by atoms with van der Waals surface area (Å²) in [6, 6.07) is 26.0. The van der Waals surface area contributed by atoms with Crippen LogP contribution in [0.5, 0.6) is 0 Å². The van der Waals surface area contributed by atoms with Gasteiger partial charge >= 0.3 is 0 Å². The number of hydrogen-bond acceptors (Lipinski definition) is 4. The van der Waals surface area contributed by atoms with Crippen LogP contribution < -0.4 is 15.5 Å². The van der Waals surface area contributed by atoms with Crippen LogP contribution in [0.15, 0.2) is 93.1 Å². The Morgan fingerprint density at radius 3 is 2.63 bits per heavy atom. The lowest BCUT2D eigenvalue weighted by atomic mass is 10.2. The number of rotatable bonds is 9. The van der Waals surface area contributed by atoms with E-state index in [9.17, 15) is 9.59 Å². The van der Waals surface area contributed by atoms with Crippen molar-refractivity contribution in [3.63, 3.8) is 0 Å². The SMILES string of the molecule is C[C@@H](CCNC(=O)CN1C(=O)C(=Cc2cccc(Br)c2)Sc2ccccc21)NCc1ccccc1. The molecule has 0 aliphatic carbocycles. The molecule has 0 saturated heterocycles. The van der Waals surface area contributed by atoms with Crippen LogP contribution in [0.25, 0.3) is 6.08 Å². The molecule has 0 saturated carbocycles. The van der Waals surface area contributed by atoms with Gasteiger partial charge in [0.25, 0.3) is 5.91 Å². The lowest BCUT2D eigenvalue weighted by Crippen LogP contribution is -2.43. The quantitative estimate of drug-likeness (QED) is 0.340. The van der Waals surface area contributed by atoms with Crippen LogP contribution in [0.3, 0.4) is 0 Å². The minimum Gasteiger partial charge on any atom is -0.354 e. The molecule has 1 aliphatic heterocycles. The number of para-hydroxylation sites is 1. The van der Waals surface area contributed by atoms with Gasteiger partial charge in [0.1, 0.15) is 6.54 Å². The van der Waals surface area contributed by atoms with Gasteiger partial charge in [-0.25, -0.2) is 0 Å². The highest BCUT2D eigenvalue weighted by Crippen LogP contribution is 2.42. The van der Waals surface area contributed by atoms with E-state index in [1.807, 2.05) is 72.8 Å². The van der Waals surface area contributed by atoms with Crippen LogP contribution in [-0.2, 0) is 16.1 Å². The molecule has 0 aromatic heterocycles. The number of amides is 2. The van der Waals surface area contributed by atoms with Crippen LogP contribution in [-0.4, -0.2) is 30.9 Å². The van der Waals surface area contributed by atoms with Crippen LogP contribution >= 0.6 is 27.7 Å². The monoisotopic (exact) mass is 549 g/mol. The smallest absolute Gasteiger partial charge is 0.265 e. The van der Waals surface area contributed by atoms with Gasteiger partial charge in [0, 0.05) is 28.5 Å². The second-order valence-corrected chi connectivity index (χ2v) is 10.4. The average Bonchev–Trinajstić information content (AvgIpc) is 2.86. The fourth-order valence-corrected chi connectivity index (χ4v) is 5.26. The van der Waals surface area contributed by atoms with Gasteiger partial charge in [-0.1, -0.05) is 82.3 Å². The molecular weight excluding hydrogens is 522 g/mol. The number of nitrogens with zero attached hydrogens (tertiary/aromatic N) is 1. The molecule has 0 fully saturated rings. The summed E-state index contributed by atoms with van der Waals surface area (Å²) >= 11 is 4.92. The molecule has 4 rings (SSSR count). The van der Waals surface area contributed by atoms with E-state index in [0.29, 0.717) is 11.4 Å². The van der Waals surface area contributed by atoms with Crippen LogP contribution in [0.4, 0.5) is 5.69 Å². The fraction of sp³-hybridized carbons (Fsp3) is 0.214. The minimum absolute atomic E-state index is 0.0158. The van der Waals surface area contributed by atoms with Crippen LogP contribution in [0.1, 0.15) is 24.5 Å². The molecule has 3 aromatic carbocycles. The van der Waals surface area contributed by atoms with Crippen LogP contribution in [0, 0.1) is 0 Å². The summed E-state index contributed by atoms with van der Waals surface area (Å²) in [4.78, 5) is 29.3. The molecule has 0 radical (unpaired) electrons. The maximum Gasteiger partial charge on any atom is 0.265 e. The van der Waals surface area contributed by atoms with Gasteiger partial charge in [-0.2, -0.15) is 0 Å². The normalized spacial score (nSPS) is 15.1. The molecule has 180 valence electrons. The highest BCUT2D eigenvalue weighted by atomic mass is 79.9. The lowest BCUT2D eigenvalue weighted by molar-refractivity contribution is -0.122. The Balaban J connectivity index is 1.36. The molecule has 5 nitrogen and oxygen atoms in total. The molecule has 1 atom stereocenters. The summed E-state index contributed by atoms with van der Waals surface area (Å²) in [5.41, 5.74) is 2.92. The zero-order valence-electron chi connectivity index (χ0n) is 19.5. The van der Waals surface area contributed by atoms with Gasteiger partial charge < -0.3 is 10.6 Å². The number of carbonyl (C=O) groups excluding carboxylic acids is 2. The molecular formula is C28H28BrN3O2S. The van der Waals surface area contributed by atoms with Crippen LogP contribution in [0.2, 0.25) is 0 Å². The van der Waals surface area contributed by atoms with Gasteiger partial charge in [0.2, 0.25) is 5.91 Å². The fourth-order valence-electron chi connectivity index (χ4n) is 3.78. The molecule has 0 spiro atoms. The molecule has 1 aliphatic rings. The highest BCUT2D eigenvalue weighted by Gasteiger charge is 2.30. The Kier molecular flexibility index (Phi) is 8.79. The molecule has 3 aromatic rings. The van der Waals surface area contributed by atoms with E-state index < -0.39 is 0 Å². The summed E-state index contributed by atoms with van der Waals surface area (Å²) in [6.45, 7) is 3.43. The van der Waals surface area contributed by atoms with Crippen molar-refractivity contribution in [2.24, 2.45) is 0 Å². The maximum atomic E-state index is 13.4. The Bertz CT molecular complexity index is 1220. The lowest BCUT2D eigenvalue weighted by Gasteiger charge is -2.30. The first-order valence-corrected chi connectivity index (χ1v) is 13.2. The largest absolute Gasteiger partial charge is 0.354 e. The second-order valence-electron chi connectivity index (χ2n) is 8.43. The molecule has 0 bridgehead atoms. The van der Waals surface area contributed by atoms with E-state index in [4.69, 9.17) is 0 Å². The van der Waals surface area contributed by atoms with Crippen molar-refractivity contribution in [2.45, 2.75) is 30.8 Å². The molecule has 2 amide bonds. The van der Waals surface area contributed by atoms with Gasteiger partial charge in [0.05, 0.1) is 10.6 Å². The van der Waals surface area contributed by atoms with E-state index in [1.54, 1.807) is 4.90 Å². The van der Waals surface area contributed by atoms with E-state index in [2.05, 4.69) is 45.6 Å². The number of anilines is 1. The number of fused-ring (bicyclic) bond motifs is 1. The highest BCUT2D eigenvalue weighted by molar-refractivity contribution is 9.10. The predicted molar refractivity (Wildman–Crippen MR) is 147 cm³/mol. The van der Waals surface area contributed by atoms with Crippen molar-refractivity contribution in [1.29, 1.82) is 0 Å². The summed E-state index contributed by atoms with van der Waals surface area (Å²) in [5, 5.41) is 6.45. The van der Waals surface area contributed by atoms with Crippen molar-refractivity contribution in [2.75, 3.05) is 18.0 Å². The number of benzene rings is 3. The van der Waals surface area contributed by atoms with Crippen molar-refractivity contribution in [3.8, 4) is 0 Å². The second kappa shape index (κ2) is 12.2. The van der Waals surface area contributed by atoms with E-state index in [1.165, 1.54) is 17.3 Å². The maximum absolute atomic E-state index is 13.4. The summed E-state index contributed by atoms with van der Waals surface area (Å²) in [6.07, 6.45) is 2.67. The number of nitrogens with one attached hydrogen (secondary N) is 2. The summed E-state index contributed by atoms with van der Waals surface area (Å²) in [5.74, 6) is -0.334. The summed E-state index contributed by atoms with van der Waals surface area (Å²) < 4.78 is 0.948. The van der Waals surface area contributed by atoms with Gasteiger partial charge in [-0.05, 0) is 54.8 Å². The third-order valence-electron chi connectivity index (χ3n) is 5.68. The Morgan fingerprint density at radius 1 is 1.06 bits per heavy atom. The van der Waals surface area contributed by atoms with E-state index in [-0.39, 0.29) is 24.4 Å². The minimum atomic E-state index is -0.169. The number of carbonyl (C=O) groups is 2. The Hall–Kier alpha value is -2.87. The number of halogens is 1. The zero-order chi connectivity index (χ0) is 24.6. The number of hydrogen-bond donors (Lipinski definition) is 2. The zero-order valence-corrected chi connectivity index (χ0v) is 21.9. The van der Waals surface area contributed by atoms with E-state index in [0.717, 1.165) is 33.6 Å². The van der Waals surface area contributed by atoms with Crippen molar-refractivity contribution >= 4 is 51.3 Å². The average molecular weight is 551 g/mol. The molecule has 2 N–H and O–H groups in total. The first-order chi connectivity index (χ1) is 17.0. The summed E-state index contributed by atoms with van der Waals surface area (Å²) in [7, 11) is 0. The van der Waals surface area contributed by atoms with E-state index >= 15 is 0 Å². The Morgan fingerprint density at radius 2 is 1.83 bits per heavy atom.